The van der Waals surface area contributed by atoms with Gasteiger partial charge in [-0.05, 0) is 44.9 Å². The molecule has 0 aromatic heterocycles. The normalized spacial score (nSPS) is 34.3. The van der Waals surface area contributed by atoms with Crippen LogP contribution in [0.5, 0.6) is 0 Å². The van der Waals surface area contributed by atoms with E-state index in [4.69, 9.17) is 56.8 Å². The summed E-state index contributed by atoms with van der Waals surface area (Å²) in [7, 11) is 0. The van der Waals surface area contributed by atoms with Crippen molar-refractivity contribution in [2.24, 2.45) is 0 Å². The van der Waals surface area contributed by atoms with Crippen LogP contribution >= 0.6 is 0 Å². The van der Waals surface area contributed by atoms with Crippen LogP contribution in [0.1, 0.15) is 259 Å². The molecule has 0 saturated carbocycles. The van der Waals surface area contributed by atoms with Crippen molar-refractivity contribution < 1.29 is 178 Å². The zero-order valence-electron chi connectivity index (χ0n) is 75.9. The first-order valence-electron chi connectivity index (χ1n) is 47.2. The molecule has 6 heterocycles. The van der Waals surface area contributed by atoms with Crippen LogP contribution in [-0.2, 0) is 80.8 Å². The Bertz CT molecular complexity index is 3160. The molecule has 0 aliphatic carbocycles. The molecule has 6 rings (SSSR count). The molecule has 33 atom stereocenters. The molecule has 0 radical (unpaired) electrons. The maximum atomic E-state index is 14.0. The minimum absolute atomic E-state index is 0.111. The fourth-order valence-corrected chi connectivity index (χ4v) is 17.3. The summed E-state index contributed by atoms with van der Waals surface area (Å²) in [5.41, 5.74) is 0. The lowest BCUT2D eigenvalue weighted by molar-refractivity contribution is -0.404. The molecule has 23 N–H and O–H groups in total. The molecule has 0 spiro atoms. The summed E-state index contributed by atoms with van der Waals surface area (Å²) in [4.78, 5) is 66.1. The Morgan fingerprint density at radius 2 is 0.783 bits per heavy atom. The van der Waals surface area contributed by atoms with Gasteiger partial charge in [-0.1, -0.05) is 205 Å². The van der Waals surface area contributed by atoms with Crippen molar-refractivity contribution in [2.45, 2.75) is 461 Å². The average Bonchev–Trinajstić information content (AvgIpc) is 0.745. The van der Waals surface area contributed by atoms with Crippen molar-refractivity contribution in [1.29, 1.82) is 0 Å². The molecule has 40 nitrogen and oxygen atoms in total. The minimum atomic E-state index is -3.45. The third-order valence-electron chi connectivity index (χ3n) is 24.8. The fraction of sp³-hybridized carbons (Fsp3) is 0.899. The molecular formula is C89H158N4O36. The van der Waals surface area contributed by atoms with Crippen molar-refractivity contribution in [1.82, 2.24) is 21.3 Å². The van der Waals surface area contributed by atoms with Crippen molar-refractivity contribution in [2.75, 3.05) is 46.2 Å². The molecule has 6 saturated heterocycles. The second-order valence-electron chi connectivity index (χ2n) is 35.3. The van der Waals surface area contributed by atoms with Crippen LogP contribution in [0.4, 0.5) is 0 Å². The van der Waals surface area contributed by atoms with Gasteiger partial charge in [-0.2, -0.15) is 0 Å². The van der Waals surface area contributed by atoms with Gasteiger partial charge in [-0.25, -0.2) is 4.79 Å². The molecule has 750 valence electrons. The summed E-state index contributed by atoms with van der Waals surface area (Å²) in [5, 5.41) is 225. The second kappa shape index (κ2) is 61.0. The summed E-state index contributed by atoms with van der Waals surface area (Å²) in [6.07, 6.45) is -14.2. The van der Waals surface area contributed by atoms with Gasteiger partial charge in [0.05, 0.1) is 70.5 Å². The molecular weight excluding hydrogens is 1700 g/mol. The molecule has 12 unspecified atom stereocenters. The minimum Gasteiger partial charge on any atom is -0.477 e. The number of aliphatic hydroxyl groups is 18. The van der Waals surface area contributed by atoms with Crippen molar-refractivity contribution in [3.05, 3.63) is 24.3 Å². The van der Waals surface area contributed by atoms with Crippen molar-refractivity contribution >= 4 is 29.6 Å². The predicted octanol–water partition coefficient (Wildman–Crippen LogP) is -0.178. The lowest BCUT2D eigenvalue weighted by Gasteiger charge is -2.53. The first-order valence-corrected chi connectivity index (χ1v) is 47.2. The number of amides is 4. The number of unbranched alkanes of at least 4 members (excludes halogenated alkanes) is 30. The largest absolute Gasteiger partial charge is 0.477 e. The molecule has 0 aromatic carbocycles. The Kier molecular flexibility index (Phi) is 53.6. The Balaban J connectivity index is 1.20. The molecule has 129 heavy (non-hydrogen) atoms. The highest BCUT2D eigenvalue weighted by Gasteiger charge is 2.63. The number of carboxylic acid groups (broad SMARTS) is 1. The number of hydrogen-bond donors (Lipinski definition) is 23. The van der Waals surface area contributed by atoms with Crippen LogP contribution in [0.3, 0.4) is 0 Å². The first-order chi connectivity index (χ1) is 61.9. The SMILES string of the molecule is CCCCCCCC/C=C\CCCCCCCCCCCCCCCC(=O)N[C@@H](CO[C@@H]1OC(CO)[C@@H](O[C@@H]2OC(CO)[C@H](O[C@@H]3OC(CO)[C@H](O)[C@H](O[C@@H]4OC(CO)[C@H](O[C@@H]5OC(CO)[C@H](O)[C@H](O)C5NC(C)=O)[C@H](O)C4O)C3NC(C)=O)[C@H](O[C@]3(C(=O)O)CC(O)[C@@H](NC(C)=O)C([C@H](O)[C@H](O)CO)O3)C2O)[C@H](O)C1O)[C@H](O)/C=C/CCCCCCCCCCCCC. The number of carboxylic acids is 1. The Hall–Kier alpha value is -4.37. The van der Waals surface area contributed by atoms with Gasteiger partial charge in [-0.3, -0.25) is 19.2 Å². The molecule has 40 heteroatoms. The second-order valence-corrected chi connectivity index (χ2v) is 35.3. The Morgan fingerprint density at radius 3 is 1.25 bits per heavy atom. The number of hydrogen-bond acceptors (Lipinski definition) is 35. The lowest BCUT2D eigenvalue weighted by atomic mass is 9.88. The number of allylic oxidation sites excluding steroid dienone is 3. The van der Waals surface area contributed by atoms with Crippen molar-refractivity contribution in [3.8, 4) is 0 Å². The van der Waals surface area contributed by atoms with Gasteiger partial charge in [0.15, 0.2) is 31.5 Å². The van der Waals surface area contributed by atoms with E-state index in [1.54, 1.807) is 6.08 Å². The summed E-state index contributed by atoms with van der Waals surface area (Å²) in [5.74, 6) is -8.70. The fourth-order valence-electron chi connectivity index (χ4n) is 17.3. The third kappa shape index (κ3) is 35.9. The first kappa shape index (κ1) is 113. The van der Waals surface area contributed by atoms with Crippen LogP contribution in [0.15, 0.2) is 24.3 Å². The summed E-state index contributed by atoms with van der Waals surface area (Å²) in [6, 6.07) is -6.63. The van der Waals surface area contributed by atoms with Crippen molar-refractivity contribution in [3.63, 3.8) is 0 Å². The topological polar surface area (TPSA) is 629 Å². The van der Waals surface area contributed by atoms with Crippen LogP contribution in [-0.4, -0.2) is 375 Å². The average molecular weight is 1860 g/mol. The highest BCUT2D eigenvalue weighted by molar-refractivity contribution is 5.77. The van der Waals surface area contributed by atoms with E-state index in [1.165, 1.54) is 134 Å². The highest BCUT2D eigenvalue weighted by Crippen LogP contribution is 2.42. The van der Waals surface area contributed by atoms with E-state index in [0.29, 0.717) is 12.8 Å². The van der Waals surface area contributed by atoms with Crippen LogP contribution in [0.2, 0.25) is 0 Å². The molecule has 4 amide bonds. The zero-order valence-corrected chi connectivity index (χ0v) is 75.9. The molecule has 0 aromatic rings. The maximum Gasteiger partial charge on any atom is 0.364 e. The number of ether oxygens (including phenoxy) is 12. The molecule has 6 aliphatic heterocycles. The Labute approximate surface area is 757 Å². The lowest BCUT2D eigenvalue weighted by Crippen LogP contribution is -2.72. The Morgan fingerprint density at radius 1 is 0.403 bits per heavy atom. The number of aliphatic hydroxyl groups excluding tert-OH is 18. The quantitative estimate of drug-likeness (QED) is 0.0277. The van der Waals surface area contributed by atoms with Crippen LogP contribution in [0, 0.1) is 0 Å². The monoisotopic (exact) mass is 1860 g/mol. The highest BCUT2D eigenvalue weighted by atomic mass is 16.8. The number of aliphatic carboxylic acids is 1. The van der Waals surface area contributed by atoms with E-state index < -0.39 is 284 Å². The number of rotatable bonds is 63. The van der Waals surface area contributed by atoms with Gasteiger partial charge in [0.25, 0.3) is 5.79 Å². The number of nitrogens with one attached hydrogen (secondary N) is 4. The van der Waals surface area contributed by atoms with Crippen LogP contribution < -0.4 is 21.3 Å². The number of carbonyl (C=O) groups is 5. The third-order valence-corrected chi connectivity index (χ3v) is 24.8. The molecule has 6 aliphatic rings. The van der Waals surface area contributed by atoms with Gasteiger partial charge < -0.3 is 175 Å². The van der Waals surface area contributed by atoms with Gasteiger partial charge >= 0.3 is 5.97 Å². The van der Waals surface area contributed by atoms with E-state index in [9.17, 15) is 121 Å². The van der Waals surface area contributed by atoms with E-state index in [-0.39, 0.29) is 6.42 Å². The molecule has 6 fully saturated rings. The molecule has 0 bridgehead atoms. The van der Waals surface area contributed by atoms with E-state index in [0.717, 1.165) is 91.4 Å². The van der Waals surface area contributed by atoms with Gasteiger partial charge in [-0.15, -0.1) is 0 Å². The zero-order chi connectivity index (χ0) is 94.7. The maximum absolute atomic E-state index is 14.0. The van der Waals surface area contributed by atoms with Gasteiger partial charge in [0.1, 0.15) is 140 Å². The van der Waals surface area contributed by atoms with Gasteiger partial charge in [0.2, 0.25) is 23.6 Å². The number of carbonyl (C=O) groups excluding carboxylic acids is 4. The van der Waals surface area contributed by atoms with Crippen LogP contribution in [0.25, 0.3) is 0 Å². The summed E-state index contributed by atoms with van der Waals surface area (Å²) in [6.45, 7) is 0.0238. The summed E-state index contributed by atoms with van der Waals surface area (Å²) >= 11 is 0. The summed E-state index contributed by atoms with van der Waals surface area (Å²) < 4.78 is 72.7. The predicted molar refractivity (Wildman–Crippen MR) is 459 cm³/mol. The van der Waals surface area contributed by atoms with E-state index in [2.05, 4.69) is 47.3 Å². The van der Waals surface area contributed by atoms with E-state index in [1.807, 2.05) is 0 Å². The standard InChI is InChI=1S/C89H158N4O36/c1-6-8-10-12-14-16-18-20-21-22-23-24-25-26-27-28-29-31-33-35-37-39-41-43-64(106)93-55(56(103)42-40-38-36-34-32-30-19-17-15-13-11-9-7-2)51-118-85-74(113)72(111)78(61(48-97)121-85)125-87-76(115)82(129-89(88(116)117)44-57(104)65(90-52(3)100)81(128-89)68(107)58(105)45-94)79(63(50-99)123-87)126-84-67(92-54(5)102)80(70(109)60(47-96)120-84)127-86-75(114)73(112)77(62(49-98)122-86)124-83-66(91-53(4)101)71(110)69(108)59(46-95)119-83/h20-21,40,42,55-63,65-87,94-99,103-105,107-115H,6-19,22-39,41,43-51H2,1-5H3,(H,90,100)(H,91,101)(H,92,102)(H,93,106)(H,116,117)/b21-20-,42-40+/t55-,56+,57?,58+,59?,60?,61?,62?,63?,65+,66?,67?,68+,69-,70-,71+,72+,73+,74?,75?,76?,77-,78+,79-,80+,81?,82+,83-,84-,85+,86-,87-,89-/m0/s1. The van der Waals surface area contributed by atoms with E-state index >= 15 is 0 Å². The van der Waals surface area contributed by atoms with Gasteiger partial charge in [0, 0.05) is 33.6 Å². The smallest absolute Gasteiger partial charge is 0.364 e.